The molecule has 0 atom stereocenters. The van der Waals surface area contributed by atoms with E-state index in [0.717, 1.165) is 21.3 Å². The van der Waals surface area contributed by atoms with Crippen LogP contribution >= 0.6 is 0 Å². The topological polar surface area (TPSA) is 96.3 Å². The lowest BCUT2D eigenvalue weighted by molar-refractivity contribution is 0.317. The van der Waals surface area contributed by atoms with Gasteiger partial charge in [-0.25, -0.2) is 13.2 Å². The quantitative estimate of drug-likeness (QED) is 0.346. The predicted molar refractivity (Wildman–Crippen MR) is 129 cm³/mol. The number of aryl methyl sites for hydroxylation is 1. The summed E-state index contributed by atoms with van der Waals surface area (Å²) in [5.41, 5.74) is 1.93. The molecule has 0 amide bonds. The number of aromatic nitrogens is 3. The molecule has 0 unspecified atom stereocenters. The first-order valence-electron chi connectivity index (χ1n) is 10.9. The second kappa shape index (κ2) is 8.49. The summed E-state index contributed by atoms with van der Waals surface area (Å²) in [6.45, 7) is 4.58. The summed E-state index contributed by atoms with van der Waals surface area (Å²) < 4.78 is 40.4. The lowest BCUT2D eigenvalue weighted by Crippen LogP contribution is -2.29. The summed E-state index contributed by atoms with van der Waals surface area (Å²) in [4.78, 5) is 13.7. The Morgan fingerprint density at radius 1 is 1.00 bits per heavy atom. The minimum Gasteiger partial charge on any atom is -0.494 e. The van der Waals surface area contributed by atoms with E-state index in [-0.39, 0.29) is 17.0 Å². The maximum Gasteiger partial charge on any atom is 0.343 e. The fourth-order valence-electron chi connectivity index (χ4n) is 4.00. The van der Waals surface area contributed by atoms with E-state index in [1.54, 1.807) is 37.3 Å². The van der Waals surface area contributed by atoms with E-state index in [1.165, 1.54) is 16.7 Å². The van der Waals surface area contributed by atoms with Crippen LogP contribution in [0.15, 0.2) is 80.9 Å². The van der Waals surface area contributed by atoms with Crippen LogP contribution < -0.4 is 10.4 Å². The second-order valence-electron chi connectivity index (χ2n) is 8.05. The molecule has 0 bridgehead atoms. The van der Waals surface area contributed by atoms with Crippen molar-refractivity contribution in [2.45, 2.75) is 31.7 Å². The van der Waals surface area contributed by atoms with Crippen molar-refractivity contribution in [3.05, 3.63) is 88.5 Å². The molecule has 2 heterocycles. The molecule has 174 valence electrons. The highest BCUT2D eigenvalue weighted by Crippen LogP contribution is 2.28. The average Bonchev–Trinajstić information content (AvgIpc) is 3.34. The molecule has 5 aromatic rings. The SMILES string of the molecule is CCCOc1cccc(Cn2c(=O)n(S(=O)(=O)c3ccccc3)c3cc4onc(C)c4cc32)c1. The molecule has 3 aromatic carbocycles. The molecule has 0 saturated heterocycles. The van der Waals surface area contributed by atoms with Gasteiger partial charge >= 0.3 is 5.69 Å². The molecule has 0 N–H and O–H groups in total. The Bertz CT molecular complexity index is 1660. The van der Waals surface area contributed by atoms with Crippen LogP contribution in [0.5, 0.6) is 5.75 Å². The van der Waals surface area contributed by atoms with Crippen LogP contribution in [0.4, 0.5) is 0 Å². The summed E-state index contributed by atoms with van der Waals surface area (Å²) in [5, 5.41) is 4.71. The fraction of sp³-hybridized carbons (Fsp3) is 0.200. The molecule has 0 spiro atoms. The predicted octanol–water partition coefficient (Wildman–Crippen LogP) is 4.33. The standard InChI is InChI=1S/C25H23N3O5S/c1-3-12-32-19-9-7-8-18(13-19)16-27-22-14-21-17(2)26-33-24(21)15-23(22)28(25(27)29)34(30,31)20-10-5-4-6-11-20/h4-11,13-15H,3,12,16H2,1-2H3. The summed E-state index contributed by atoms with van der Waals surface area (Å²) >= 11 is 0. The average molecular weight is 478 g/mol. The third-order valence-corrected chi connectivity index (χ3v) is 7.36. The van der Waals surface area contributed by atoms with Gasteiger partial charge in [0.1, 0.15) is 5.75 Å². The zero-order valence-corrected chi connectivity index (χ0v) is 19.6. The lowest BCUT2D eigenvalue weighted by atomic mass is 10.2. The van der Waals surface area contributed by atoms with Crippen LogP contribution in [0.25, 0.3) is 22.0 Å². The number of imidazole rings is 1. The van der Waals surface area contributed by atoms with Crippen LogP contribution in [0, 0.1) is 6.92 Å². The molecule has 0 aliphatic heterocycles. The fourth-order valence-corrected chi connectivity index (χ4v) is 5.42. The van der Waals surface area contributed by atoms with E-state index in [9.17, 15) is 13.2 Å². The van der Waals surface area contributed by atoms with Gasteiger partial charge in [0.05, 0.1) is 34.8 Å². The first-order chi connectivity index (χ1) is 16.4. The molecule has 34 heavy (non-hydrogen) atoms. The van der Waals surface area contributed by atoms with Crippen LogP contribution in [0.3, 0.4) is 0 Å². The Morgan fingerprint density at radius 3 is 2.56 bits per heavy atom. The second-order valence-corrected chi connectivity index (χ2v) is 9.84. The number of nitrogens with zero attached hydrogens (tertiary/aromatic N) is 3. The van der Waals surface area contributed by atoms with Crippen LogP contribution in [0.2, 0.25) is 0 Å². The molecular weight excluding hydrogens is 454 g/mol. The summed E-state index contributed by atoms with van der Waals surface area (Å²) in [6, 6.07) is 18.7. The molecule has 9 heteroatoms. The van der Waals surface area contributed by atoms with E-state index in [1.807, 2.05) is 31.2 Å². The number of rotatable bonds is 7. The monoisotopic (exact) mass is 477 g/mol. The largest absolute Gasteiger partial charge is 0.494 e. The van der Waals surface area contributed by atoms with Gasteiger partial charge in [-0.2, -0.15) is 3.97 Å². The van der Waals surface area contributed by atoms with Crippen molar-refractivity contribution in [3.63, 3.8) is 0 Å². The molecule has 2 aromatic heterocycles. The van der Waals surface area contributed by atoms with Crippen molar-refractivity contribution in [1.29, 1.82) is 0 Å². The van der Waals surface area contributed by atoms with Gasteiger partial charge in [-0.1, -0.05) is 42.4 Å². The van der Waals surface area contributed by atoms with Crippen molar-refractivity contribution in [2.75, 3.05) is 6.61 Å². The van der Waals surface area contributed by atoms with Crippen LogP contribution in [-0.2, 0) is 16.6 Å². The number of fused-ring (bicyclic) bond motifs is 2. The highest BCUT2D eigenvalue weighted by Gasteiger charge is 2.26. The van der Waals surface area contributed by atoms with E-state index >= 15 is 0 Å². The minimum absolute atomic E-state index is 0.0277. The maximum absolute atomic E-state index is 13.6. The Morgan fingerprint density at radius 2 is 1.79 bits per heavy atom. The zero-order valence-electron chi connectivity index (χ0n) is 18.8. The van der Waals surface area contributed by atoms with Gasteiger partial charge in [-0.3, -0.25) is 4.57 Å². The highest BCUT2D eigenvalue weighted by atomic mass is 32.2. The van der Waals surface area contributed by atoms with Gasteiger partial charge in [0.2, 0.25) is 0 Å². The first kappa shape index (κ1) is 22.0. The van der Waals surface area contributed by atoms with E-state index in [2.05, 4.69) is 5.16 Å². The van der Waals surface area contributed by atoms with Gasteiger partial charge in [0, 0.05) is 11.5 Å². The number of benzene rings is 3. The van der Waals surface area contributed by atoms with Gasteiger partial charge in [0.25, 0.3) is 10.0 Å². The Balaban J connectivity index is 1.74. The van der Waals surface area contributed by atoms with Gasteiger partial charge < -0.3 is 9.26 Å². The normalized spacial score (nSPS) is 11.9. The van der Waals surface area contributed by atoms with Crippen molar-refractivity contribution in [2.24, 2.45) is 0 Å². The van der Waals surface area contributed by atoms with Crippen molar-refractivity contribution >= 4 is 32.0 Å². The molecule has 0 radical (unpaired) electrons. The highest BCUT2D eigenvalue weighted by molar-refractivity contribution is 7.90. The van der Waals surface area contributed by atoms with E-state index < -0.39 is 15.7 Å². The van der Waals surface area contributed by atoms with Crippen LogP contribution in [0.1, 0.15) is 24.6 Å². The molecule has 5 rings (SSSR count). The molecule has 8 nitrogen and oxygen atoms in total. The van der Waals surface area contributed by atoms with Crippen LogP contribution in [-0.4, -0.2) is 28.7 Å². The Labute approximate surface area is 196 Å². The van der Waals surface area contributed by atoms with E-state index in [0.29, 0.717) is 29.2 Å². The first-order valence-corrected chi connectivity index (χ1v) is 12.4. The number of hydrogen-bond donors (Lipinski definition) is 0. The molecular formula is C25H23N3O5S. The summed E-state index contributed by atoms with van der Waals surface area (Å²) in [5.74, 6) is 0.699. The van der Waals surface area contributed by atoms with Gasteiger partial charge in [-0.15, -0.1) is 0 Å². The van der Waals surface area contributed by atoms with E-state index in [4.69, 9.17) is 9.26 Å². The zero-order chi connectivity index (χ0) is 23.9. The maximum atomic E-state index is 13.6. The minimum atomic E-state index is -4.15. The van der Waals surface area contributed by atoms with Crippen molar-refractivity contribution in [1.82, 2.24) is 13.7 Å². The molecule has 0 aliphatic rings. The molecule has 0 aliphatic carbocycles. The molecule has 0 fully saturated rings. The third-order valence-electron chi connectivity index (χ3n) is 5.66. The smallest absolute Gasteiger partial charge is 0.343 e. The Kier molecular flexibility index (Phi) is 5.49. The molecule has 0 saturated carbocycles. The number of hydrogen-bond acceptors (Lipinski definition) is 6. The number of ether oxygens (including phenoxy) is 1. The summed E-state index contributed by atoms with van der Waals surface area (Å²) in [7, 11) is -4.15. The van der Waals surface area contributed by atoms with Gasteiger partial charge in [-0.05, 0) is 49.2 Å². The third kappa shape index (κ3) is 3.67. The van der Waals surface area contributed by atoms with Gasteiger partial charge in [0.15, 0.2) is 5.58 Å². The Hall–Kier alpha value is -3.85. The summed E-state index contributed by atoms with van der Waals surface area (Å²) in [6.07, 6.45) is 0.878. The van der Waals surface area contributed by atoms with Crippen molar-refractivity contribution in [3.8, 4) is 5.75 Å². The lowest BCUT2D eigenvalue weighted by Gasteiger charge is -2.08. The van der Waals surface area contributed by atoms with Crippen molar-refractivity contribution < 1.29 is 17.7 Å².